The smallest absolute Gasteiger partial charge is 0.335 e. The average Bonchev–Trinajstić information content (AvgIpc) is 2.70. The molecule has 2 aromatic rings. The molecule has 106 valence electrons. The van der Waals surface area contributed by atoms with Crippen molar-refractivity contribution in [1.82, 2.24) is 14.5 Å². The number of aromatic nitrogens is 2. The number of carboxylic acids is 1. The van der Waals surface area contributed by atoms with E-state index < -0.39 is 5.97 Å². The van der Waals surface area contributed by atoms with Crippen LogP contribution in [0.5, 0.6) is 0 Å². The Kier molecular flexibility index (Phi) is 3.60. The Balaban J connectivity index is 2.39. The van der Waals surface area contributed by atoms with Crippen LogP contribution in [0.4, 0.5) is 0 Å². The van der Waals surface area contributed by atoms with Crippen molar-refractivity contribution >= 4 is 22.9 Å². The van der Waals surface area contributed by atoms with Crippen molar-refractivity contribution < 1.29 is 14.7 Å². The number of hydrogen-bond acceptors (Lipinski definition) is 3. The second kappa shape index (κ2) is 5.20. The Labute approximate surface area is 114 Å². The number of imidazole rings is 1. The van der Waals surface area contributed by atoms with Crippen LogP contribution in [-0.2, 0) is 11.3 Å². The van der Waals surface area contributed by atoms with E-state index in [1.54, 1.807) is 20.2 Å². The summed E-state index contributed by atoms with van der Waals surface area (Å²) >= 11 is 0. The van der Waals surface area contributed by atoms with Crippen molar-refractivity contribution in [2.45, 2.75) is 13.0 Å². The van der Waals surface area contributed by atoms with Gasteiger partial charge in [0.15, 0.2) is 0 Å². The highest BCUT2D eigenvalue weighted by Crippen LogP contribution is 2.13. The van der Waals surface area contributed by atoms with Crippen LogP contribution >= 0.6 is 0 Å². The van der Waals surface area contributed by atoms with Gasteiger partial charge >= 0.3 is 11.7 Å². The van der Waals surface area contributed by atoms with E-state index >= 15 is 0 Å². The number of aromatic amines is 1. The molecule has 20 heavy (non-hydrogen) atoms. The average molecular weight is 277 g/mol. The lowest BCUT2D eigenvalue weighted by molar-refractivity contribution is -0.128. The molecule has 1 aromatic heterocycles. The maximum atomic E-state index is 11.8. The molecule has 2 N–H and O–H groups in total. The van der Waals surface area contributed by atoms with E-state index in [0.29, 0.717) is 11.0 Å². The van der Waals surface area contributed by atoms with Crippen molar-refractivity contribution in [3.63, 3.8) is 0 Å². The van der Waals surface area contributed by atoms with Gasteiger partial charge in [-0.05, 0) is 18.2 Å². The summed E-state index contributed by atoms with van der Waals surface area (Å²) in [5.41, 5.74) is 0.789. The molecule has 0 spiro atoms. The first-order chi connectivity index (χ1) is 9.40. The van der Waals surface area contributed by atoms with Gasteiger partial charge in [-0.3, -0.25) is 9.36 Å². The van der Waals surface area contributed by atoms with Crippen LogP contribution in [0.3, 0.4) is 0 Å². The lowest BCUT2D eigenvalue weighted by atomic mass is 10.2. The SMILES string of the molecule is CN(C)C(=O)CCn1c(=O)[nH]c2ccc(C(=O)O)cc21. The molecule has 0 radical (unpaired) electrons. The Bertz CT molecular complexity index is 727. The summed E-state index contributed by atoms with van der Waals surface area (Å²) in [6, 6.07) is 4.40. The molecule has 0 saturated heterocycles. The van der Waals surface area contributed by atoms with Crippen molar-refractivity contribution in [3.05, 3.63) is 34.2 Å². The van der Waals surface area contributed by atoms with Gasteiger partial charge in [-0.1, -0.05) is 0 Å². The lowest BCUT2D eigenvalue weighted by Crippen LogP contribution is -2.25. The highest BCUT2D eigenvalue weighted by atomic mass is 16.4. The third-order valence-corrected chi connectivity index (χ3v) is 3.07. The molecule has 7 heteroatoms. The fourth-order valence-electron chi connectivity index (χ4n) is 1.94. The Morgan fingerprint density at radius 1 is 1.35 bits per heavy atom. The molecular formula is C13H15N3O4. The number of carboxylic acid groups (broad SMARTS) is 1. The summed E-state index contributed by atoms with van der Waals surface area (Å²) in [7, 11) is 3.28. The highest BCUT2D eigenvalue weighted by molar-refractivity contribution is 5.92. The van der Waals surface area contributed by atoms with Gasteiger partial charge in [-0.2, -0.15) is 0 Å². The topological polar surface area (TPSA) is 95.4 Å². The fraction of sp³-hybridized carbons (Fsp3) is 0.308. The summed E-state index contributed by atoms with van der Waals surface area (Å²) in [5, 5.41) is 8.97. The Morgan fingerprint density at radius 3 is 2.65 bits per heavy atom. The van der Waals surface area contributed by atoms with Gasteiger partial charge in [0.1, 0.15) is 0 Å². The number of fused-ring (bicyclic) bond motifs is 1. The van der Waals surface area contributed by atoms with Gasteiger partial charge in [-0.25, -0.2) is 9.59 Å². The molecule has 0 unspecified atom stereocenters. The molecule has 0 atom stereocenters. The second-order valence-corrected chi connectivity index (χ2v) is 4.66. The summed E-state index contributed by atoms with van der Waals surface area (Å²) in [5.74, 6) is -1.16. The third kappa shape index (κ3) is 2.56. The van der Waals surface area contributed by atoms with Crippen LogP contribution < -0.4 is 5.69 Å². The molecule has 1 aromatic carbocycles. The minimum atomic E-state index is -1.06. The Hall–Kier alpha value is -2.57. The van der Waals surface area contributed by atoms with Crippen molar-refractivity contribution in [3.8, 4) is 0 Å². The minimum absolute atomic E-state index is 0.0966. The molecule has 0 fully saturated rings. The summed E-state index contributed by atoms with van der Waals surface area (Å²) in [6.45, 7) is 0.207. The number of rotatable bonds is 4. The molecule has 2 rings (SSSR count). The zero-order valence-corrected chi connectivity index (χ0v) is 11.2. The maximum absolute atomic E-state index is 11.8. The first kappa shape index (κ1) is 13.9. The molecule has 1 amide bonds. The van der Waals surface area contributed by atoms with Crippen molar-refractivity contribution in [1.29, 1.82) is 0 Å². The van der Waals surface area contributed by atoms with Gasteiger partial charge in [0.25, 0.3) is 0 Å². The zero-order valence-electron chi connectivity index (χ0n) is 11.2. The van der Waals surface area contributed by atoms with Gasteiger partial charge in [-0.15, -0.1) is 0 Å². The molecule has 0 aliphatic rings. The predicted molar refractivity (Wildman–Crippen MR) is 72.8 cm³/mol. The summed E-state index contributed by atoms with van der Waals surface area (Å²) in [4.78, 5) is 38.4. The molecule has 0 bridgehead atoms. The van der Waals surface area contributed by atoms with E-state index in [-0.39, 0.29) is 30.1 Å². The standard InChI is InChI=1S/C13H15N3O4/c1-15(2)11(17)5-6-16-10-7-8(12(18)19)3-4-9(10)14-13(16)20/h3-4,7H,5-6H2,1-2H3,(H,14,20)(H,18,19). The number of benzene rings is 1. The van der Waals surface area contributed by atoms with Crippen LogP contribution in [0.2, 0.25) is 0 Å². The number of carbonyl (C=O) groups excluding carboxylic acids is 1. The third-order valence-electron chi connectivity index (χ3n) is 3.07. The zero-order chi connectivity index (χ0) is 14.9. The van der Waals surface area contributed by atoms with E-state index in [9.17, 15) is 14.4 Å². The quantitative estimate of drug-likeness (QED) is 0.851. The van der Waals surface area contributed by atoms with Crippen LogP contribution in [0, 0.1) is 0 Å². The Morgan fingerprint density at radius 2 is 2.05 bits per heavy atom. The van der Waals surface area contributed by atoms with E-state index in [4.69, 9.17) is 5.11 Å². The number of hydrogen-bond donors (Lipinski definition) is 2. The lowest BCUT2D eigenvalue weighted by Gasteiger charge is -2.10. The maximum Gasteiger partial charge on any atom is 0.335 e. The van der Waals surface area contributed by atoms with E-state index in [1.165, 1.54) is 21.6 Å². The van der Waals surface area contributed by atoms with E-state index in [2.05, 4.69) is 4.98 Å². The van der Waals surface area contributed by atoms with E-state index in [1.807, 2.05) is 0 Å². The second-order valence-electron chi connectivity index (χ2n) is 4.66. The number of aromatic carboxylic acids is 1. The van der Waals surface area contributed by atoms with Crippen LogP contribution in [0.25, 0.3) is 11.0 Å². The molecular weight excluding hydrogens is 262 g/mol. The first-order valence-corrected chi connectivity index (χ1v) is 6.06. The van der Waals surface area contributed by atoms with Crippen LogP contribution in [0.15, 0.2) is 23.0 Å². The first-order valence-electron chi connectivity index (χ1n) is 6.06. The highest BCUT2D eigenvalue weighted by Gasteiger charge is 2.12. The minimum Gasteiger partial charge on any atom is -0.478 e. The number of nitrogens with one attached hydrogen (secondary N) is 1. The molecule has 0 aliphatic carbocycles. The predicted octanol–water partition coefficient (Wildman–Crippen LogP) is 0.506. The summed E-state index contributed by atoms with van der Waals surface area (Å²) < 4.78 is 1.38. The largest absolute Gasteiger partial charge is 0.478 e. The number of nitrogens with zero attached hydrogens (tertiary/aromatic N) is 2. The molecule has 1 heterocycles. The van der Waals surface area contributed by atoms with Crippen LogP contribution in [0.1, 0.15) is 16.8 Å². The summed E-state index contributed by atoms with van der Waals surface area (Å²) in [6.07, 6.45) is 0.178. The monoisotopic (exact) mass is 277 g/mol. The van der Waals surface area contributed by atoms with Gasteiger partial charge < -0.3 is 15.0 Å². The number of aryl methyl sites for hydroxylation is 1. The van der Waals surface area contributed by atoms with Crippen molar-refractivity contribution in [2.75, 3.05) is 14.1 Å². The normalized spacial score (nSPS) is 10.7. The number of H-pyrrole nitrogens is 1. The van der Waals surface area contributed by atoms with Gasteiger partial charge in [0.05, 0.1) is 16.6 Å². The number of amides is 1. The van der Waals surface area contributed by atoms with Gasteiger partial charge in [0.2, 0.25) is 5.91 Å². The molecule has 0 aliphatic heterocycles. The molecule has 0 saturated carbocycles. The number of carbonyl (C=O) groups is 2. The van der Waals surface area contributed by atoms with Crippen LogP contribution in [-0.4, -0.2) is 45.5 Å². The molecule has 7 nitrogen and oxygen atoms in total. The van der Waals surface area contributed by atoms with Gasteiger partial charge in [0, 0.05) is 27.1 Å². The fourth-order valence-corrected chi connectivity index (χ4v) is 1.94. The van der Waals surface area contributed by atoms with E-state index in [0.717, 1.165) is 0 Å². The van der Waals surface area contributed by atoms with Crippen molar-refractivity contribution in [2.24, 2.45) is 0 Å².